The Morgan fingerprint density at radius 2 is 1.83 bits per heavy atom. The smallest absolute Gasteiger partial charge is 0.319 e. The van der Waals surface area contributed by atoms with E-state index < -0.39 is 21.9 Å². The van der Waals surface area contributed by atoms with Gasteiger partial charge in [0.15, 0.2) is 9.84 Å². The summed E-state index contributed by atoms with van der Waals surface area (Å²) in [4.78, 5) is 23.9. The van der Waals surface area contributed by atoms with E-state index in [0.717, 1.165) is 12.7 Å². The highest BCUT2D eigenvalue weighted by Gasteiger charge is 2.17. The van der Waals surface area contributed by atoms with E-state index in [4.69, 9.17) is 0 Å². The number of amides is 3. The van der Waals surface area contributed by atoms with Gasteiger partial charge in [0, 0.05) is 18.0 Å². The predicted octanol–water partition coefficient (Wildman–Crippen LogP) is 1.51. The van der Waals surface area contributed by atoms with Crippen LogP contribution < -0.4 is 16.0 Å². The quantitative estimate of drug-likeness (QED) is 0.729. The van der Waals surface area contributed by atoms with Crippen LogP contribution in [0.1, 0.15) is 27.2 Å². The molecule has 2 atom stereocenters. The Morgan fingerprint density at radius 3 is 2.39 bits per heavy atom. The number of hydrogen-bond donors (Lipinski definition) is 3. The number of benzene rings is 1. The molecule has 128 valence electrons. The zero-order valence-electron chi connectivity index (χ0n) is 13.7. The Kier molecular flexibility index (Phi) is 6.56. The standard InChI is InChI=1S/C15H23N3O4S/c1-5-10(2)16-14(19)11(3)17-15(20)18-12-7-6-8-13(9-12)23(4,21)22/h6-11H,5H2,1-4H3,(H,16,19)(H2,17,18,20)/t10-,11-/m1/s1. The minimum absolute atomic E-state index is 0.0289. The lowest BCUT2D eigenvalue weighted by atomic mass is 10.2. The molecule has 0 aromatic heterocycles. The summed E-state index contributed by atoms with van der Waals surface area (Å²) in [6, 6.07) is 4.65. The van der Waals surface area contributed by atoms with Crippen molar-refractivity contribution in [1.29, 1.82) is 0 Å². The van der Waals surface area contributed by atoms with E-state index >= 15 is 0 Å². The largest absolute Gasteiger partial charge is 0.352 e. The lowest BCUT2D eigenvalue weighted by molar-refractivity contribution is -0.123. The first-order chi connectivity index (χ1) is 10.6. The molecule has 0 saturated carbocycles. The summed E-state index contributed by atoms with van der Waals surface area (Å²) in [5.74, 6) is -0.278. The molecule has 8 heteroatoms. The molecule has 0 radical (unpaired) electrons. The molecule has 0 aliphatic heterocycles. The highest BCUT2D eigenvalue weighted by molar-refractivity contribution is 7.90. The molecule has 0 aliphatic rings. The highest BCUT2D eigenvalue weighted by Crippen LogP contribution is 2.15. The zero-order valence-corrected chi connectivity index (χ0v) is 14.5. The summed E-state index contributed by atoms with van der Waals surface area (Å²) in [6.07, 6.45) is 1.89. The highest BCUT2D eigenvalue weighted by atomic mass is 32.2. The Balaban J connectivity index is 2.65. The predicted molar refractivity (Wildman–Crippen MR) is 89.1 cm³/mol. The van der Waals surface area contributed by atoms with Gasteiger partial charge in [0.1, 0.15) is 6.04 Å². The van der Waals surface area contributed by atoms with Crippen molar-refractivity contribution >= 4 is 27.5 Å². The van der Waals surface area contributed by atoms with Gasteiger partial charge in [-0.3, -0.25) is 4.79 Å². The normalized spacial score (nSPS) is 13.7. The molecular formula is C15H23N3O4S. The van der Waals surface area contributed by atoms with E-state index in [1.54, 1.807) is 13.0 Å². The third kappa shape index (κ3) is 6.27. The first-order valence-corrected chi connectivity index (χ1v) is 9.20. The van der Waals surface area contributed by atoms with Gasteiger partial charge in [0.05, 0.1) is 4.90 Å². The van der Waals surface area contributed by atoms with Crippen molar-refractivity contribution in [3.8, 4) is 0 Å². The summed E-state index contributed by atoms with van der Waals surface area (Å²) in [5.41, 5.74) is 0.333. The van der Waals surface area contributed by atoms with Crippen LogP contribution in [0.4, 0.5) is 10.5 Å². The van der Waals surface area contributed by atoms with Crippen molar-refractivity contribution in [3.63, 3.8) is 0 Å². The minimum atomic E-state index is -3.35. The van der Waals surface area contributed by atoms with Gasteiger partial charge in [-0.1, -0.05) is 13.0 Å². The Bertz CT molecular complexity index is 673. The summed E-state index contributed by atoms with van der Waals surface area (Å²) >= 11 is 0. The Labute approximate surface area is 136 Å². The van der Waals surface area contributed by atoms with Crippen molar-refractivity contribution in [1.82, 2.24) is 10.6 Å². The van der Waals surface area contributed by atoms with Crippen molar-refractivity contribution in [3.05, 3.63) is 24.3 Å². The van der Waals surface area contributed by atoms with Gasteiger partial charge >= 0.3 is 6.03 Å². The summed E-state index contributed by atoms with van der Waals surface area (Å²) < 4.78 is 23.0. The zero-order chi connectivity index (χ0) is 17.6. The van der Waals surface area contributed by atoms with Crippen LogP contribution in [0.5, 0.6) is 0 Å². The molecule has 0 aliphatic carbocycles. The van der Waals surface area contributed by atoms with Crippen molar-refractivity contribution in [2.45, 2.75) is 44.2 Å². The average molecular weight is 341 g/mol. The maximum Gasteiger partial charge on any atom is 0.319 e. The van der Waals surface area contributed by atoms with Gasteiger partial charge in [-0.2, -0.15) is 0 Å². The Morgan fingerprint density at radius 1 is 1.17 bits per heavy atom. The number of hydrogen-bond acceptors (Lipinski definition) is 4. The van der Waals surface area contributed by atoms with Crippen molar-refractivity contribution < 1.29 is 18.0 Å². The van der Waals surface area contributed by atoms with Gasteiger partial charge in [0.25, 0.3) is 0 Å². The van der Waals surface area contributed by atoms with Gasteiger partial charge in [-0.15, -0.1) is 0 Å². The molecule has 0 spiro atoms. The van der Waals surface area contributed by atoms with Crippen LogP contribution in [0.2, 0.25) is 0 Å². The lowest BCUT2D eigenvalue weighted by Crippen LogP contribution is -2.48. The van der Waals surface area contributed by atoms with E-state index in [1.807, 2.05) is 13.8 Å². The summed E-state index contributed by atoms with van der Waals surface area (Å²) in [5, 5.41) is 7.78. The molecule has 1 rings (SSSR count). The number of carbonyl (C=O) groups is 2. The SMILES string of the molecule is CC[C@@H](C)NC(=O)[C@@H](C)NC(=O)Nc1cccc(S(C)(=O)=O)c1. The maximum absolute atomic E-state index is 11.9. The molecule has 0 bridgehead atoms. The molecule has 0 saturated heterocycles. The van der Waals surface area contributed by atoms with Crippen LogP contribution in [0.15, 0.2) is 29.2 Å². The third-order valence-corrected chi connectivity index (χ3v) is 4.37. The number of sulfone groups is 1. The molecule has 3 amide bonds. The van der Waals surface area contributed by atoms with E-state index in [2.05, 4.69) is 16.0 Å². The summed E-state index contributed by atoms with van der Waals surface area (Å²) in [7, 11) is -3.35. The molecule has 1 aromatic carbocycles. The second-order valence-corrected chi connectivity index (χ2v) is 7.45. The fourth-order valence-electron chi connectivity index (χ4n) is 1.70. The monoisotopic (exact) mass is 341 g/mol. The molecule has 0 unspecified atom stereocenters. The Hall–Kier alpha value is -2.09. The number of urea groups is 1. The second kappa shape index (κ2) is 7.96. The maximum atomic E-state index is 11.9. The lowest BCUT2D eigenvalue weighted by Gasteiger charge is -2.17. The van der Waals surface area contributed by atoms with Gasteiger partial charge in [-0.25, -0.2) is 13.2 Å². The molecular weight excluding hydrogens is 318 g/mol. The van der Waals surface area contributed by atoms with Gasteiger partial charge in [0.2, 0.25) is 5.91 Å². The van der Waals surface area contributed by atoms with Gasteiger partial charge < -0.3 is 16.0 Å². The van der Waals surface area contributed by atoms with E-state index in [9.17, 15) is 18.0 Å². The molecule has 1 aromatic rings. The molecule has 0 heterocycles. The molecule has 7 nitrogen and oxygen atoms in total. The third-order valence-electron chi connectivity index (χ3n) is 3.26. The van der Waals surface area contributed by atoms with Crippen LogP contribution in [-0.4, -0.2) is 38.7 Å². The van der Waals surface area contributed by atoms with Crippen LogP contribution in [0, 0.1) is 0 Å². The number of nitrogens with one attached hydrogen (secondary N) is 3. The first-order valence-electron chi connectivity index (χ1n) is 7.31. The number of carbonyl (C=O) groups excluding carboxylic acids is 2. The van der Waals surface area contributed by atoms with E-state index in [1.165, 1.54) is 18.2 Å². The first kappa shape index (κ1) is 19.0. The van der Waals surface area contributed by atoms with E-state index in [-0.39, 0.29) is 16.8 Å². The van der Waals surface area contributed by atoms with Crippen molar-refractivity contribution in [2.24, 2.45) is 0 Å². The summed E-state index contributed by atoms with van der Waals surface area (Å²) in [6.45, 7) is 5.40. The van der Waals surface area contributed by atoms with Crippen molar-refractivity contribution in [2.75, 3.05) is 11.6 Å². The second-order valence-electron chi connectivity index (χ2n) is 5.44. The number of anilines is 1. The van der Waals surface area contributed by atoms with Crippen LogP contribution >= 0.6 is 0 Å². The van der Waals surface area contributed by atoms with Crippen LogP contribution in [-0.2, 0) is 14.6 Å². The van der Waals surface area contributed by atoms with Gasteiger partial charge in [-0.05, 0) is 38.5 Å². The topological polar surface area (TPSA) is 104 Å². The van der Waals surface area contributed by atoms with Crippen LogP contribution in [0.25, 0.3) is 0 Å². The minimum Gasteiger partial charge on any atom is -0.352 e. The van der Waals surface area contributed by atoms with Crippen LogP contribution in [0.3, 0.4) is 0 Å². The molecule has 0 fully saturated rings. The average Bonchev–Trinajstić information content (AvgIpc) is 2.46. The number of rotatable bonds is 6. The van der Waals surface area contributed by atoms with E-state index in [0.29, 0.717) is 5.69 Å². The molecule has 3 N–H and O–H groups in total. The fourth-order valence-corrected chi connectivity index (χ4v) is 2.37. The fraction of sp³-hybridized carbons (Fsp3) is 0.467. The molecule has 23 heavy (non-hydrogen) atoms.